The van der Waals surface area contributed by atoms with Crippen LogP contribution < -0.4 is 0 Å². The summed E-state index contributed by atoms with van der Waals surface area (Å²) in [5.41, 5.74) is 0. The first-order valence-electron chi connectivity index (χ1n) is 32.9. The fraction of sp³-hybridized carbons (Fsp3) is 0.708. The lowest BCUT2D eigenvalue weighted by Crippen LogP contribution is -2.30. The molecule has 0 aromatic heterocycles. The molecule has 0 bridgehead atoms. The molecule has 0 aliphatic heterocycles. The average Bonchev–Trinajstić information content (AvgIpc) is 3.44. The second-order valence-electron chi connectivity index (χ2n) is 21.6. The molecule has 1 atom stereocenters. The van der Waals surface area contributed by atoms with E-state index in [4.69, 9.17) is 14.2 Å². The molecule has 0 saturated carbocycles. The molecule has 446 valence electrons. The van der Waals surface area contributed by atoms with Gasteiger partial charge in [-0.2, -0.15) is 0 Å². The summed E-state index contributed by atoms with van der Waals surface area (Å²) in [5.74, 6) is -0.997. The third-order valence-corrected chi connectivity index (χ3v) is 14.0. The zero-order valence-corrected chi connectivity index (χ0v) is 51.2. The quantitative estimate of drug-likeness (QED) is 0.0261. The summed E-state index contributed by atoms with van der Waals surface area (Å²) in [6.07, 6.45) is 89.7. The molecule has 0 aromatic carbocycles. The highest BCUT2D eigenvalue weighted by atomic mass is 16.6. The molecule has 1 unspecified atom stereocenters. The molecule has 0 radical (unpaired) electrons. The number of rotatable bonds is 59. The standard InChI is InChI=1S/C72H122O6/c1-4-7-10-13-16-19-22-25-28-31-33-34-35-36-37-38-40-41-44-47-50-53-56-59-62-65-71(74)77-68-69(67-76-70(73)64-61-58-55-52-49-46-43-30-27-24-21-18-15-12-9-6-3)78-72(75)66-63-60-57-54-51-48-45-42-39-32-29-26-23-20-17-14-11-8-5-2/h8,11,17,20,22,25-26,29-31,33,39,42-43,48,51,57,60,69H,4-7,9-10,12-16,18-19,21,23-24,27-28,32,34-38,40-41,44-47,49-50,52-56,58-59,61-68H2,1-3H3/b11-8-,20-17-,25-22-,29-26-,33-31-,42-39-,43-30-,51-48-,60-57-. The Morgan fingerprint density at radius 2 is 0.526 bits per heavy atom. The van der Waals surface area contributed by atoms with E-state index in [-0.39, 0.29) is 31.6 Å². The summed E-state index contributed by atoms with van der Waals surface area (Å²) in [6.45, 7) is 6.47. The molecule has 0 rings (SSSR count). The van der Waals surface area contributed by atoms with Crippen molar-refractivity contribution in [2.75, 3.05) is 13.2 Å². The van der Waals surface area contributed by atoms with Gasteiger partial charge in [0.1, 0.15) is 13.2 Å². The number of hydrogen-bond acceptors (Lipinski definition) is 6. The van der Waals surface area contributed by atoms with Crippen LogP contribution in [0, 0.1) is 0 Å². The minimum absolute atomic E-state index is 0.111. The Labute approximate surface area is 482 Å². The van der Waals surface area contributed by atoms with Crippen molar-refractivity contribution in [2.45, 2.75) is 316 Å². The van der Waals surface area contributed by atoms with Gasteiger partial charge in [-0.15, -0.1) is 0 Å². The Bertz CT molecular complexity index is 1570. The Kier molecular flexibility index (Phi) is 62.3. The normalized spacial score (nSPS) is 12.8. The van der Waals surface area contributed by atoms with Crippen LogP contribution in [0.15, 0.2) is 109 Å². The number of carbonyl (C=O) groups excluding carboxylic acids is 3. The molecule has 0 aliphatic carbocycles. The molecule has 6 nitrogen and oxygen atoms in total. The van der Waals surface area contributed by atoms with Gasteiger partial charge in [0.2, 0.25) is 0 Å². The van der Waals surface area contributed by atoms with E-state index in [9.17, 15) is 14.4 Å². The molecular weight excluding hydrogens is 961 g/mol. The largest absolute Gasteiger partial charge is 0.462 e. The highest BCUT2D eigenvalue weighted by Gasteiger charge is 2.19. The van der Waals surface area contributed by atoms with Crippen LogP contribution in [0.1, 0.15) is 310 Å². The van der Waals surface area contributed by atoms with Gasteiger partial charge in [-0.05, 0) is 116 Å². The Balaban J connectivity index is 4.43. The van der Waals surface area contributed by atoms with Crippen molar-refractivity contribution in [2.24, 2.45) is 0 Å². The summed E-state index contributed by atoms with van der Waals surface area (Å²) in [6, 6.07) is 0. The van der Waals surface area contributed by atoms with Crippen molar-refractivity contribution in [1.82, 2.24) is 0 Å². The molecule has 0 fully saturated rings. The van der Waals surface area contributed by atoms with Gasteiger partial charge in [-0.25, -0.2) is 0 Å². The molecule has 0 spiro atoms. The first kappa shape index (κ1) is 74.1. The van der Waals surface area contributed by atoms with Gasteiger partial charge in [0, 0.05) is 19.3 Å². The maximum absolute atomic E-state index is 12.9. The predicted octanol–water partition coefficient (Wildman–Crippen LogP) is 22.6. The third kappa shape index (κ3) is 62.9. The van der Waals surface area contributed by atoms with E-state index < -0.39 is 12.1 Å². The topological polar surface area (TPSA) is 78.9 Å². The average molecular weight is 1080 g/mol. The fourth-order valence-corrected chi connectivity index (χ4v) is 9.08. The van der Waals surface area contributed by atoms with Gasteiger partial charge in [0.25, 0.3) is 0 Å². The molecule has 0 saturated heterocycles. The van der Waals surface area contributed by atoms with E-state index in [1.54, 1.807) is 0 Å². The molecule has 0 aliphatic rings. The lowest BCUT2D eigenvalue weighted by molar-refractivity contribution is -0.166. The highest BCUT2D eigenvalue weighted by molar-refractivity contribution is 5.71. The minimum atomic E-state index is -0.825. The van der Waals surface area contributed by atoms with Crippen LogP contribution in [-0.2, 0) is 28.6 Å². The van der Waals surface area contributed by atoms with E-state index in [1.165, 1.54) is 167 Å². The van der Waals surface area contributed by atoms with Gasteiger partial charge in [-0.3, -0.25) is 14.4 Å². The van der Waals surface area contributed by atoms with E-state index in [2.05, 4.69) is 124 Å². The fourth-order valence-electron chi connectivity index (χ4n) is 9.08. The maximum atomic E-state index is 12.9. The summed E-state index contributed by atoms with van der Waals surface area (Å²) in [4.78, 5) is 38.3. The number of carbonyl (C=O) groups is 3. The van der Waals surface area contributed by atoms with E-state index >= 15 is 0 Å². The van der Waals surface area contributed by atoms with Crippen molar-refractivity contribution >= 4 is 17.9 Å². The molecule has 0 amide bonds. The smallest absolute Gasteiger partial charge is 0.306 e. The number of unbranched alkanes of at least 4 members (excludes halogenated alkanes) is 30. The summed E-state index contributed by atoms with van der Waals surface area (Å²) in [7, 11) is 0. The van der Waals surface area contributed by atoms with Crippen LogP contribution in [0.4, 0.5) is 0 Å². The SMILES string of the molecule is CC/C=C\C/C=C\C/C=C\C/C=C\C/C=C\C/C=C\CCC(=O)OC(COC(=O)CCCCCCC/C=C\CCCCCCCCC)COC(=O)CCCCCCCCCCCCCCC/C=C\C/C=C\CCCCCCC. The molecule has 6 heteroatoms. The predicted molar refractivity (Wildman–Crippen MR) is 339 cm³/mol. The zero-order chi connectivity index (χ0) is 56.4. The van der Waals surface area contributed by atoms with Crippen molar-refractivity contribution in [3.8, 4) is 0 Å². The van der Waals surface area contributed by atoms with Crippen LogP contribution in [0.25, 0.3) is 0 Å². The number of esters is 3. The summed E-state index contributed by atoms with van der Waals surface area (Å²) < 4.78 is 16.9. The minimum Gasteiger partial charge on any atom is -0.462 e. The van der Waals surface area contributed by atoms with Gasteiger partial charge >= 0.3 is 17.9 Å². The molecular formula is C72H122O6. The van der Waals surface area contributed by atoms with Gasteiger partial charge < -0.3 is 14.2 Å². The van der Waals surface area contributed by atoms with E-state index in [0.29, 0.717) is 19.3 Å². The number of ether oxygens (including phenoxy) is 3. The van der Waals surface area contributed by atoms with Crippen molar-refractivity contribution in [1.29, 1.82) is 0 Å². The zero-order valence-electron chi connectivity index (χ0n) is 51.2. The van der Waals surface area contributed by atoms with Crippen molar-refractivity contribution in [3.63, 3.8) is 0 Å². The summed E-state index contributed by atoms with van der Waals surface area (Å²) >= 11 is 0. The van der Waals surface area contributed by atoms with Crippen LogP contribution in [0.3, 0.4) is 0 Å². The van der Waals surface area contributed by atoms with Crippen LogP contribution in [-0.4, -0.2) is 37.2 Å². The van der Waals surface area contributed by atoms with E-state index in [1.807, 2.05) is 6.08 Å². The molecule has 0 N–H and O–H groups in total. The van der Waals surface area contributed by atoms with Gasteiger partial charge in [0.05, 0.1) is 0 Å². The van der Waals surface area contributed by atoms with Gasteiger partial charge in [0.15, 0.2) is 6.10 Å². The van der Waals surface area contributed by atoms with Crippen molar-refractivity contribution < 1.29 is 28.6 Å². The lowest BCUT2D eigenvalue weighted by Gasteiger charge is -2.18. The van der Waals surface area contributed by atoms with Crippen LogP contribution >= 0.6 is 0 Å². The number of allylic oxidation sites excluding steroid dienone is 18. The first-order valence-corrected chi connectivity index (χ1v) is 32.9. The van der Waals surface area contributed by atoms with Crippen LogP contribution in [0.5, 0.6) is 0 Å². The second-order valence-corrected chi connectivity index (χ2v) is 21.6. The first-order chi connectivity index (χ1) is 38.5. The van der Waals surface area contributed by atoms with Crippen LogP contribution in [0.2, 0.25) is 0 Å². The Morgan fingerprint density at radius 3 is 0.846 bits per heavy atom. The highest BCUT2D eigenvalue weighted by Crippen LogP contribution is 2.16. The molecule has 78 heavy (non-hydrogen) atoms. The number of hydrogen-bond donors (Lipinski definition) is 0. The summed E-state index contributed by atoms with van der Waals surface area (Å²) in [5, 5.41) is 0. The second kappa shape index (κ2) is 65.6. The Morgan fingerprint density at radius 1 is 0.269 bits per heavy atom. The molecule has 0 heterocycles. The Hall–Kier alpha value is -3.93. The van der Waals surface area contributed by atoms with Gasteiger partial charge in [-0.1, -0.05) is 284 Å². The third-order valence-electron chi connectivity index (χ3n) is 14.0. The monoisotopic (exact) mass is 1080 g/mol. The molecule has 0 aromatic rings. The lowest BCUT2D eigenvalue weighted by atomic mass is 10.0. The maximum Gasteiger partial charge on any atom is 0.306 e. The van der Waals surface area contributed by atoms with E-state index in [0.717, 1.165) is 96.3 Å². The van der Waals surface area contributed by atoms with Crippen molar-refractivity contribution in [3.05, 3.63) is 109 Å².